The number of rotatable bonds is 4. The molecule has 5 heteroatoms. The van der Waals surface area contributed by atoms with E-state index in [4.69, 9.17) is 5.73 Å². The van der Waals surface area contributed by atoms with Gasteiger partial charge >= 0.3 is 0 Å². The first-order valence-electron chi connectivity index (χ1n) is 6.35. The van der Waals surface area contributed by atoms with Crippen molar-refractivity contribution >= 4 is 11.6 Å². The first-order valence-corrected chi connectivity index (χ1v) is 6.35. The molecule has 1 aromatic heterocycles. The Bertz CT molecular complexity index is 429. The second-order valence-electron chi connectivity index (χ2n) is 5.75. The summed E-state index contributed by atoms with van der Waals surface area (Å²) in [6.07, 6.45) is 1.66. The van der Waals surface area contributed by atoms with Crippen LogP contribution in [0.15, 0.2) is 0 Å². The molecule has 0 saturated heterocycles. The molecule has 0 aliphatic heterocycles. The number of nitrogens with two attached hydrogens (primary N) is 1. The minimum atomic E-state index is -0.147. The van der Waals surface area contributed by atoms with Gasteiger partial charge in [0.05, 0.1) is 11.4 Å². The van der Waals surface area contributed by atoms with Crippen LogP contribution in [0.25, 0.3) is 0 Å². The number of nitrogens with one attached hydrogen (secondary N) is 1. The molecule has 0 aliphatic carbocycles. The number of anilines is 1. The zero-order chi connectivity index (χ0) is 13.9. The van der Waals surface area contributed by atoms with Crippen LogP contribution >= 0.6 is 0 Å². The third-order valence-electron chi connectivity index (χ3n) is 2.87. The smallest absolute Gasteiger partial charge is 0.271 e. The van der Waals surface area contributed by atoms with Crippen LogP contribution in [0.1, 0.15) is 50.3 Å². The molecule has 0 bridgehead atoms. The van der Waals surface area contributed by atoms with Gasteiger partial charge < -0.3 is 11.1 Å². The molecule has 18 heavy (non-hydrogen) atoms. The minimum absolute atomic E-state index is 0.147. The number of aryl methyl sites for hydroxylation is 2. The van der Waals surface area contributed by atoms with Gasteiger partial charge in [-0.15, -0.1) is 0 Å². The van der Waals surface area contributed by atoms with E-state index in [2.05, 4.69) is 31.2 Å². The number of carbonyl (C=O) groups excluding carboxylic acids is 1. The van der Waals surface area contributed by atoms with Gasteiger partial charge in [-0.3, -0.25) is 9.48 Å². The number of nitrogen functional groups attached to an aromatic ring is 1. The summed E-state index contributed by atoms with van der Waals surface area (Å²) >= 11 is 0. The number of aromatic nitrogens is 2. The quantitative estimate of drug-likeness (QED) is 0.857. The first-order chi connectivity index (χ1) is 8.26. The summed E-state index contributed by atoms with van der Waals surface area (Å²) in [7, 11) is 1.74. The summed E-state index contributed by atoms with van der Waals surface area (Å²) in [6, 6.07) is 0. The lowest BCUT2D eigenvalue weighted by Crippen LogP contribution is -2.29. The maximum absolute atomic E-state index is 12.0. The summed E-state index contributed by atoms with van der Waals surface area (Å²) in [4.78, 5) is 12.0. The fourth-order valence-electron chi connectivity index (χ4n) is 1.76. The second kappa shape index (κ2) is 5.42. The number of nitrogens with zero attached hydrogens (tertiary/aromatic N) is 2. The molecule has 1 aromatic rings. The molecule has 0 radical (unpaired) electrons. The molecule has 0 aromatic carbocycles. The summed E-state index contributed by atoms with van der Waals surface area (Å²) in [5.41, 5.74) is 7.87. The lowest BCUT2D eigenvalue weighted by atomic mass is 9.92. The van der Waals surface area contributed by atoms with Crippen LogP contribution in [0.5, 0.6) is 0 Å². The highest BCUT2D eigenvalue weighted by Crippen LogP contribution is 2.18. The van der Waals surface area contributed by atoms with E-state index < -0.39 is 0 Å². The number of hydrogen-bond donors (Lipinski definition) is 2. The Hall–Kier alpha value is -1.52. The minimum Gasteiger partial charge on any atom is -0.395 e. The molecule has 0 unspecified atom stereocenters. The average molecular weight is 252 g/mol. The van der Waals surface area contributed by atoms with E-state index >= 15 is 0 Å². The Morgan fingerprint density at radius 2 is 2.06 bits per heavy atom. The van der Waals surface area contributed by atoms with Crippen LogP contribution in [0.4, 0.5) is 5.69 Å². The normalized spacial score (nSPS) is 11.6. The van der Waals surface area contributed by atoms with Gasteiger partial charge in [0, 0.05) is 13.6 Å². The van der Waals surface area contributed by atoms with Gasteiger partial charge in [0.25, 0.3) is 5.91 Å². The molecule has 5 nitrogen and oxygen atoms in total. The van der Waals surface area contributed by atoms with Crippen molar-refractivity contribution in [2.75, 3.05) is 12.3 Å². The SMILES string of the molecule is CCc1nn(C)c(C(=O)NCCC(C)(C)C)c1N. The van der Waals surface area contributed by atoms with Crippen LogP contribution in [0, 0.1) is 5.41 Å². The zero-order valence-corrected chi connectivity index (χ0v) is 12.0. The Labute approximate surface area is 109 Å². The van der Waals surface area contributed by atoms with Gasteiger partial charge in [-0.1, -0.05) is 27.7 Å². The Balaban J connectivity index is 2.70. The summed E-state index contributed by atoms with van der Waals surface area (Å²) < 4.78 is 1.56. The van der Waals surface area contributed by atoms with Crippen LogP contribution in [-0.2, 0) is 13.5 Å². The van der Waals surface area contributed by atoms with Gasteiger partial charge in [-0.05, 0) is 18.3 Å². The van der Waals surface area contributed by atoms with Crippen LogP contribution in [0.3, 0.4) is 0 Å². The van der Waals surface area contributed by atoms with Gasteiger partial charge in [0.15, 0.2) is 0 Å². The second-order valence-corrected chi connectivity index (χ2v) is 5.75. The molecule has 1 amide bonds. The molecule has 0 aliphatic rings. The van der Waals surface area contributed by atoms with E-state index in [1.807, 2.05) is 6.92 Å². The molecule has 0 saturated carbocycles. The van der Waals surface area contributed by atoms with Crippen LogP contribution in [-0.4, -0.2) is 22.2 Å². The lowest BCUT2D eigenvalue weighted by Gasteiger charge is -2.18. The van der Waals surface area contributed by atoms with E-state index in [0.29, 0.717) is 17.9 Å². The fourth-order valence-corrected chi connectivity index (χ4v) is 1.76. The van der Waals surface area contributed by atoms with Crippen molar-refractivity contribution in [3.63, 3.8) is 0 Å². The summed E-state index contributed by atoms with van der Waals surface area (Å²) in [5.74, 6) is -0.147. The molecule has 0 atom stereocenters. The van der Waals surface area contributed by atoms with E-state index in [1.54, 1.807) is 11.7 Å². The topological polar surface area (TPSA) is 72.9 Å². The standard InChI is InChI=1S/C13H24N4O/c1-6-9-10(14)11(17(5)16-9)12(18)15-8-7-13(2,3)4/h6-8,14H2,1-5H3,(H,15,18). The lowest BCUT2D eigenvalue weighted by molar-refractivity contribution is 0.0941. The third kappa shape index (κ3) is 3.48. The molecule has 1 rings (SSSR count). The fraction of sp³-hybridized carbons (Fsp3) is 0.692. The highest BCUT2D eigenvalue weighted by atomic mass is 16.2. The monoisotopic (exact) mass is 252 g/mol. The average Bonchev–Trinajstić information content (AvgIpc) is 2.51. The van der Waals surface area contributed by atoms with E-state index in [0.717, 1.165) is 18.5 Å². The van der Waals surface area contributed by atoms with Crippen LogP contribution < -0.4 is 11.1 Å². The maximum Gasteiger partial charge on any atom is 0.271 e. The molecular formula is C13H24N4O. The Morgan fingerprint density at radius 1 is 1.44 bits per heavy atom. The number of hydrogen-bond acceptors (Lipinski definition) is 3. The van der Waals surface area contributed by atoms with Gasteiger partial charge in [-0.25, -0.2) is 0 Å². The molecular weight excluding hydrogens is 228 g/mol. The molecule has 1 heterocycles. The van der Waals surface area contributed by atoms with Crippen molar-refractivity contribution in [2.45, 2.75) is 40.5 Å². The first kappa shape index (κ1) is 14.5. The van der Waals surface area contributed by atoms with Crippen LogP contribution in [0.2, 0.25) is 0 Å². The van der Waals surface area contributed by atoms with Crippen molar-refractivity contribution in [1.29, 1.82) is 0 Å². The highest BCUT2D eigenvalue weighted by molar-refractivity contribution is 5.97. The largest absolute Gasteiger partial charge is 0.395 e. The molecule has 3 N–H and O–H groups in total. The van der Waals surface area contributed by atoms with Crippen molar-refractivity contribution in [1.82, 2.24) is 15.1 Å². The molecule has 0 spiro atoms. The Kier molecular flexibility index (Phi) is 4.38. The summed E-state index contributed by atoms with van der Waals surface area (Å²) in [6.45, 7) is 9.06. The predicted octanol–water partition coefficient (Wildman–Crippen LogP) is 1.73. The van der Waals surface area contributed by atoms with E-state index in [1.165, 1.54) is 0 Å². The molecule has 0 fully saturated rings. The van der Waals surface area contributed by atoms with Crippen molar-refractivity contribution in [3.8, 4) is 0 Å². The Morgan fingerprint density at radius 3 is 2.50 bits per heavy atom. The van der Waals surface area contributed by atoms with Gasteiger partial charge in [0.1, 0.15) is 5.69 Å². The molecule has 102 valence electrons. The highest BCUT2D eigenvalue weighted by Gasteiger charge is 2.19. The van der Waals surface area contributed by atoms with Crippen molar-refractivity contribution in [3.05, 3.63) is 11.4 Å². The number of amides is 1. The van der Waals surface area contributed by atoms with Crippen molar-refractivity contribution in [2.24, 2.45) is 12.5 Å². The number of carbonyl (C=O) groups is 1. The van der Waals surface area contributed by atoms with E-state index in [-0.39, 0.29) is 11.3 Å². The van der Waals surface area contributed by atoms with Gasteiger partial charge in [0.2, 0.25) is 0 Å². The third-order valence-corrected chi connectivity index (χ3v) is 2.87. The zero-order valence-electron chi connectivity index (χ0n) is 12.0. The van der Waals surface area contributed by atoms with E-state index in [9.17, 15) is 4.79 Å². The van der Waals surface area contributed by atoms with Gasteiger partial charge in [-0.2, -0.15) is 5.10 Å². The summed E-state index contributed by atoms with van der Waals surface area (Å²) in [5, 5.41) is 7.13. The predicted molar refractivity (Wildman–Crippen MR) is 73.4 cm³/mol. The van der Waals surface area contributed by atoms with Crippen molar-refractivity contribution < 1.29 is 4.79 Å². The maximum atomic E-state index is 12.0.